The molecule has 26 heavy (non-hydrogen) atoms. The third-order valence-corrected chi connectivity index (χ3v) is 5.58. The Labute approximate surface area is 152 Å². The van der Waals surface area contributed by atoms with E-state index in [-0.39, 0.29) is 11.5 Å². The van der Waals surface area contributed by atoms with Crippen LogP contribution in [0.5, 0.6) is 0 Å². The molecular weight excluding hydrogens is 354 g/mol. The minimum atomic E-state index is -3.33. The highest BCUT2D eigenvalue weighted by Crippen LogP contribution is 2.30. The highest BCUT2D eigenvalue weighted by molar-refractivity contribution is 7.92. The van der Waals surface area contributed by atoms with E-state index in [1.807, 2.05) is 6.92 Å². The molecule has 0 radical (unpaired) electrons. The Morgan fingerprint density at radius 2 is 2.00 bits per heavy atom. The van der Waals surface area contributed by atoms with E-state index >= 15 is 0 Å². The number of amides is 1. The topological polar surface area (TPSA) is 88.5 Å². The molecule has 7 nitrogen and oxygen atoms in total. The highest BCUT2D eigenvalue weighted by Gasteiger charge is 2.24. The number of anilines is 2. The number of rotatable bonds is 4. The summed E-state index contributed by atoms with van der Waals surface area (Å²) in [6.45, 7) is 2.82. The number of hydrogen-bond donors (Lipinski definition) is 1. The number of carbonyl (C=O) groups is 1. The van der Waals surface area contributed by atoms with Crippen LogP contribution in [0, 0.1) is 0 Å². The zero-order chi connectivity index (χ0) is 18.9. The maximum atomic E-state index is 12.5. The van der Waals surface area contributed by atoms with Gasteiger partial charge in [0.25, 0.3) is 11.5 Å². The second-order valence-corrected chi connectivity index (χ2v) is 8.19. The number of benzene rings is 1. The lowest BCUT2D eigenvalue weighted by Crippen LogP contribution is -2.34. The predicted octanol–water partition coefficient (Wildman–Crippen LogP) is 1.83. The van der Waals surface area contributed by atoms with Crippen LogP contribution in [0.3, 0.4) is 0 Å². The van der Waals surface area contributed by atoms with E-state index in [0.717, 1.165) is 12.0 Å². The number of nitrogens with zero attached hydrogens (tertiary/aromatic N) is 2. The van der Waals surface area contributed by atoms with Crippen LogP contribution in [0.1, 0.15) is 29.3 Å². The summed E-state index contributed by atoms with van der Waals surface area (Å²) in [5.41, 5.74) is 2.34. The standard InChI is InChI=1S/C18H21N3O4S/c1-3-20-12-15(7-9-17(20)22)19-18(23)14-6-8-16-13(11-14)5-4-10-21(16)26(2,24)25/h6-9,11-12H,3-5,10H2,1-2H3,(H,19,23). The summed E-state index contributed by atoms with van der Waals surface area (Å²) in [5, 5.41) is 2.78. The number of sulfonamides is 1. The zero-order valence-corrected chi connectivity index (χ0v) is 15.5. The van der Waals surface area contributed by atoms with Gasteiger partial charge >= 0.3 is 0 Å². The molecule has 1 amide bonds. The molecule has 1 aromatic heterocycles. The first-order chi connectivity index (χ1) is 12.3. The van der Waals surface area contributed by atoms with E-state index < -0.39 is 10.0 Å². The summed E-state index contributed by atoms with van der Waals surface area (Å²) in [6, 6.07) is 8.01. The predicted molar refractivity (Wildman–Crippen MR) is 101 cm³/mol. The Morgan fingerprint density at radius 1 is 1.23 bits per heavy atom. The van der Waals surface area contributed by atoms with Crippen molar-refractivity contribution in [3.63, 3.8) is 0 Å². The molecule has 1 aromatic carbocycles. The molecule has 1 aliphatic rings. The van der Waals surface area contributed by atoms with E-state index in [1.54, 1.807) is 30.5 Å². The van der Waals surface area contributed by atoms with Crippen LogP contribution in [0.2, 0.25) is 0 Å². The summed E-state index contributed by atoms with van der Waals surface area (Å²) in [5.74, 6) is -0.300. The third kappa shape index (κ3) is 3.65. The highest BCUT2D eigenvalue weighted by atomic mass is 32.2. The molecule has 1 aliphatic heterocycles. The third-order valence-electron chi connectivity index (χ3n) is 4.40. The monoisotopic (exact) mass is 375 g/mol. The maximum Gasteiger partial charge on any atom is 0.255 e. The quantitative estimate of drug-likeness (QED) is 0.883. The SMILES string of the molecule is CCn1cc(NC(=O)c2ccc3c(c2)CCCN3S(C)(=O)=O)ccc1=O. The van der Waals surface area contributed by atoms with Gasteiger partial charge in [-0.1, -0.05) is 0 Å². The van der Waals surface area contributed by atoms with Crippen LogP contribution < -0.4 is 15.2 Å². The summed E-state index contributed by atoms with van der Waals surface area (Å²) in [7, 11) is -3.33. The molecule has 0 atom stereocenters. The van der Waals surface area contributed by atoms with Crippen molar-refractivity contribution in [1.29, 1.82) is 0 Å². The van der Waals surface area contributed by atoms with Gasteiger partial charge < -0.3 is 9.88 Å². The van der Waals surface area contributed by atoms with Gasteiger partial charge in [0.05, 0.1) is 17.6 Å². The Morgan fingerprint density at radius 3 is 2.69 bits per heavy atom. The average Bonchev–Trinajstić information content (AvgIpc) is 2.61. The zero-order valence-electron chi connectivity index (χ0n) is 14.7. The lowest BCUT2D eigenvalue weighted by atomic mass is 10.0. The fourth-order valence-corrected chi connectivity index (χ4v) is 4.10. The molecule has 0 aliphatic carbocycles. The van der Waals surface area contributed by atoms with E-state index in [9.17, 15) is 18.0 Å². The van der Waals surface area contributed by atoms with Crippen LogP contribution in [0.15, 0.2) is 41.3 Å². The van der Waals surface area contributed by atoms with Crippen LogP contribution in [0.25, 0.3) is 0 Å². The van der Waals surface area contributed by atoms with Crippen molar-refractivity contribution in [2.75, 3.05) is 22.4 Å². The number of fused-ring (bicyclic) bond motifs is 1. The van der Waals surface area contributed by atoms with Gasteiger partial charge in [0.15, 0.2) is 0 Å². The van der Waals surface area contributed by atoms with Gasteiger partial charge in [-0.3, -0.25) is 13.9 Å². The van der Waals surface area contributed by atoms with Crippen molar-refractivity contribution in [3.8, 4) is 0 Å². The summed E-state index contributed by atoms with van der Waals surface area (Å²) < 4.78 is 26.7. The maximum absolute atomic E-state index is 12.5. The second-order valence-electron chi connectivity index (χ2n) is 6.28. The van der Waals surface area contributed by atoms with E-state index in [2.05, 4.69) is 5.32 Å². The molecule has 3 rings (SSSR count). The normalized spacial score (nSPS) is 14.0. The van der Waals surface area contributed by atoms with Crippen LogP contribution in [0.4, 0.5) is 11.4 Å². The number of pyridine rings is 1. The smallest absolute Gasteiger partial charge is 0.255 e. The van der Waals surface area contributed by atoms with Gasteiger partial charge in [-0.15, -0.1) is 0 Å². The Bertz CT molecular complexity index is 1010. The number of nitrogens with one attached hydrogen (secondary N) is 1. The Balaban J connectivity index is 1.86. The van der Waals surface area contributed by atoms with Gasteiger partial charge in [-0.05, 0) is 49.6 Å². The van der Waals surface area contributed by atoms with Gasteiger partial charge in [0.2, 0.25) is 10.0 Å². The van der Waals surface area contributed by atoms with Gasteiger partial charge in [0, 0.05) is 30.9 Å². The van der Waals surface area contributed by atoms with E-state index in [0.29, 0.717) is 36.4 Å². The van der Waals surface area contributed by atoms with Crippen molar-refractivity contribution in [1.82, 2.24) is 4.57 Å². The Kier molecular flexibility index (Phi) is 4.86. The molecule has 0 spiro atoms. The lowest BCUT2D eigenvalue weighted by Gasteiger charge is -2.29. The van der Waals surface area contributed by atoms with E-state index in [4.69, 9.17) is 0 Å². The van der Waals surface area contributed by atoms with Gasteiger partial charge in [-0.2, -0.15) is 0 Å². The summed E-state index contributed by atoms with van der Waals surface area (Å²) in [6.07, 6.45) is 4.23. The molecule has 0 unspecified atom stereocenters. The number of aromatic nitrogens is 1. The fourth-order valence-electron chi connectivity index (χ4n) is 3.10. The lowest BCUT2D eigenvalue weighted by molar-refractivity contribution is 0.102. The molecule has 0 saturated carbocycles. The second kappa shape index (κ2) is 6.95. The van der Waals surface area contributed by atoms with Crippen LogP contribution in [-0.4, -0.2) is 31.7 Å². The first-order valence-electron chi connectivity index (χ1n) is 8.42. The molecule has 2 heterocycles. The largest absolute Gasteiger partial charge is 0.321 e. The van der Waals surface area contributed by atoms with Crippen LogP contribution in [-0.2, 0) is 23.0 Å². The molecule has 0 saturated heterocycles. The molecule has 0 fully saturated rings. The molecule has 138 valence electrons. The first kappa shape index (κ1) is 18.2. The van der Waals surface area contributed by atoms with Crippen molar-refractivity contribution in [2.45, 2.75) is 26.3 Å². The molecular formula is C18H21N3O4S. The minimum absolute atomic E-state index is 0.125. The number of aryl methyl sites for hydroxylation is 2. The van der Waals surface area contributed by atoms with Gasteiger partial charge in [0.1, 0.15) is 0 Å². The van der Waals surface area contributed by atoms with Crippen LogP contribution >= 0.6 is 0 Å². The number of hydrogen-bond acceptors (Lipinski definition) is 4. The molecule has 0 bridgehead atoms. The molecule has 8 heteroatoms. The van der Waals surface area contributed by atoms with Gasteiger partial charge in [-0.25, -0.2) is 8.42 Å². The first-order valence-corrected chi connectivity index (χ1v) is 10.3. The number of carbonyl (C=O) groups excluding carboxylic acids is 1. The van der Waals surface area contributed by atoms with Crippen molar-refractivity contribution >= 4 is 27.3 Å². The van der Waals surface area contributed by atoms with E-state index in [1.165, 1.54) is 21.2 Å². The minimum Gasteiger partial charge on any atom is -0.321 e. The Hall–Kier alpha value is -2.61. The summed E-state index contributed by atoms with van der Waals surface area (Å²) >= 11 is 0. The van der Waals surface area contributed by atoms with Crippen molar-refractivity contribution in [2.24, 2.45) is 0 Å². The van der Waals surface area contributed by atoms with Crippen molar-refractivity contribution in [3.05, 3.63) is 58.0 Å². The molecule has 1 N–H and O–H groups in total. The summed E-state index contributed by atoms with van der Waals surface area (Å²) in [4.78, 5) is 24.2. The molecule has 2 aromatic rings. The fraction of sp³-hybridized carbons (Fsp3) is 0.333. The average molecular weight is 375 g/mol. The van der Waals surface area contributed by atoms with Crippen molar-refractivity contribution < 1.29 is 13.2 Å².